The molecule has 170 valence electrons. The number of benzene rings is 2. The number of carbonyl (C=O) groups excluding carboxylic acids is 2. The van der Waals surface area contributed by atoms with Crippen molar-refractivity contribution < 1.29 is 14.0 Å². The number of nitrogens with zero attached hydrogens (tertiary/aromatic N) is 2. The molecular weight excluding hydrogens is 451 g/mol. The first-order valence-corrected chi connectivity index (χ1v) is 11.1. The Morgan fingerprint density at radius 1 is 1.06 bits per heavy atom. The van der Waals surface area contributed by atoms with Crippen LogP contribution in [0.5, 0.6) is 0 Å². The first-order chi connectivity index (χ1) is 15.1. The normalized spacial score (nSPS) is 14.2. The molecule has 0 bridgehead atoms. The van der Waals surface area contributed by atoms with Gasteiger partial charge in [-0.2, -0.15) is 0 Å². The Labute approximate surface area is 197 Å². The van der Waals surface area contributed by atoms with Crippen LogP contribution in [0.1, 0.15) is 31.1 Å². The molecule has 3 rings (SSSR count). The topological polar surface area (TPSA) is 64.7 Å². The third kappa shape index (κ3) is 5.75. The van der Waals surface area contributed by atoms with Crippen molar-refractivity contribution in [3.8, 4) is 0 Å². The lowest BCUT2D eigenvalue weighted by Gasteiger charge is -2.37. The van der Waals surface area contributed by atoms with Gasteiger partial charge in [0.15, 0.2) is 5.11 Å². The third-order valence-corrected chi connectivity index (χ3v) is 5.57. The fourth-order valence-corrected chi connectivity index (χ4v) is 3.66. The van der Waals surface area contributed by atoms with E-state index in [0.717, 1.165) is 5.69 Å². The molecule has 9 heteroatoms. The summed E-state index contributed by atoms with van der Waals surface area (Å²) in [6.07, 6.45) is 0. The van der Waals surface area contributed by atoms with Crippen LogP contribution in [-0.4, -0.2) is 48.0 Å². The Balaban J connectivity index is 1.69. The van der Waals surface area contributed by atoms with E-state index >= 15 is 0 Å². The lowest BCUT2D eigenvalue weighted by Crippen LogP contribution is -2.49. The Bertz CT molecular complexity index is 1030. The summed E-state index contributed by atoms with van der Waals surface area (Å²) < 4.78 is 14.0. The second kappa shape index (κ2) is 9.83. The van der Waals surface area contributed by atoms with E-state index in [9.17, 15) is 14.0 Å². The average molecular weight is 477 g/mol. The SMILES string of the molecule is CC(C)(C)C(=O)NC(=S)Nc1cc(Cl)ccc1N1CCN(C(=O)c2ccccc2F)CC1. The van der Waals surface area contributed by atoms with Gasteiger partial charge in [-0.25, -0.2) is 4.39 Å². The van der Waals surface area contributed by atoms with Gasteiger partial charge < -0.3 is 20.4 Å². The van der Waals surface area contributed by atoms with Gasteiger partial charge in [0.05, 0.1) is 16.9 Å². The van der Waals surface area contributed by atoms with Gasteiger partial charge in [-0.15, -0.1) is 0 Å². The van der Waals surface area contributed by atoms with E-state index in [1.807, 2.05) is 6.07 Å². The molecule has 2 aromatic carbocycles. The number of thiocarbonyl (C=S) groups is 1. The lowest BCUT2D eigenvalue weighted by molar-refractivity contribution is -0.126. The highest BCUT2D eigenvalue weighted by Crippen LogP contribution is 2.30. The predicted molar refractivity (Wildman–Crippen MR) is 130 cm³/mol. The van der Waals surface area contributed by atoms with Gasteiger partial charge in [-0.3, -0.25) is 9.59 Å². The van der Waals surface area contributed by atoms with Crippen LogP contribution in [0, 0.1) is 11.2 Å². The zero-order valence-corrected chi connectivity index (χ0v) is 19.8. The number of amides is 2. The molecule has 0 atom stereocenters. The van der Waals surface area contributed by atoms with Gasteiger partial charge in [0.25, 0.3) is 5.91 Å². The molecule has 0 saturated carbocycles. The van der Waals surface area contributed by atoms with Crippen molar-refractivity contribution in [1.29, 1.82) is 0 Å². The summed E-state index contributed by atoms with van der Waals surface area (Å²) in [5.74, 6) is -1.03. The first kappa shape index (κ1) is 23.9. The van der Waals surface area contributed by atoms with E-state index in [2.05, 4.69) is 15.5 Å². The summed E-state index contributed by atoms with van der Waals surface area (Å²) in [7, 11) is 0. The number of piperazine rings is 1. The van der Waals surface area contributed by atoms with Crippen LogP contribution in [0.4, 0.5) is 15.8 Å². The molecule has 0 unspecified atom stereocenters. The van der Waals surface area contributed by atoms with Crippen molar-refractivity contribution in [3.63, 3.8) is 0 Å². The Kier molecular flexibility index (Phi) is 7.36. The molecule has 1 aliphatic rings. The predicted octanol–water partition coefficient (Wildman–Crippen LogP) is 4.30. The van der Waals surface area contributed by atoms with E-state index in [-0.39, 0.29) is 22.5 Å². The minimum atomic E-state index is -0.579. The van der Waals surface area contributed by atoms with Crippen molar-refractivity contribution in [3.05, 3.63) is 58.9 Å². The van der Waals surface area contributed by atoms with E-state index in [0.29, 0.717) is 36.9 Å². The largest absolute Gasteiger partial charge is 0.366 e. The van der Waals surface area contributed by atoms with Crippen LogP contribution in [0.15, 0.2) is 42.5 Å². The summed E-state index contributed by atoms with van der Waals surface area (Å²) >= 11 is 11.5. The Morgan fingerprint density at radius 3 is 2.34 bits per heavy atom. The standard InChI is InChI=1S/C23H26ClFN4O2S/c1-23(2,3)21(31)27-22(32)26-18-14-15(24)8-9-19(18)28-10-12-29(13-11-28)20(30)16-6-4-5-7-17(16)25/h4-9,14H,10-13H2,1-3H3,(H2,26,27,31,32). The lowest BCUT2D eigenvalue weighted by atomic mass is 9.96. The Hall–Kier alpha value is -2.71. The van der Waals surface area contributed by atoms with Crippen LogP contribution in [0.25, 0.3) is 0 Å². The maximum atomic E-state index is 14.0. The monoisotopic (exact) mass is 476 g/mol. The van der Waals surface area contributed by atoms with Crippen molar-refractivity contribution >= 4 is 52.1 Å². The molecule has 2 amide bonds. The van der Waals surface area contributed by atoms with Crippen molar-refractivity contribution in [2.75, 3.05) is 36.4 Å². The number of rotatable bonds is 3. The molecule has 0 radical (unpaired) electrons. The average Bonchev–Trinajstić information content (AvgIpc) is 2.73. The molecule has 0 aliphatic carbocycles. The summed E-state index contributed by atoms with van der Waals surface area (Å²) in [6, 6.07) is 11.4. The fourth-order valence-electron chi connectivity index (χ4n) is 3.28. The van der Waals surface area contributed by atoms with Gasteiger partial charge in [0.1, 0.15) is 5.82 Å². The van der Waals surface area contributed by atoms with E-state index in [1.165, 1.54) is 12.1 Å². The minimum Gasteiger partial charge on any atom is -0.366 e. The van der Waals surface area contributed by atoms with Crippen molar-refractivity contribution in [2.24, 2.45) is 5.41 Å². The van der Waals surface area contributed by atoms with Crippen LogP contribution in [-0.2, 0) is 4.79 Å². The molecular formula is C23H26ClFN4O2S. The summed E-state index contributed by atoms with van der Waals surface area (Å²) in [5, 5.41) is 6.46. The highest BCUT2D eigenvalue weighted by atomic mass is 35.5. The smallest absolute Gasteiger partial charge is 0.256 e. The molecule has 0 spiro atoms. The van der Waals surface area contributed by atoms with Gasteiger partial charge in [0.2, 0.25) is 5.91 Å². The van der Waals surface area contributed by atoms with Crippen molar-refractivity contribution in [1.82, 2.24) is 10.2 Å². The number of hydrogen-bond acceptors (Lipinski definition) is 4. The molecule has 2 aromatic rings. The van der Waals surface area contributed by atoms with E-state index < -0.39 is 11.2 Å². The number of carbonyl (C=O) groups is 2. The molecule has 1 heterocycles. The highest BCUT2D eigenvalue weighted by molar-refractivity contribution is 7.80. The molecule has 1 saturated heterocycles. The highest BCUT2D eigenvalue weighted by Gasteiger charge is 2.26. The van der Waals surface area contributed by atoms with Crippen LogP contribution < -0.4 is 15.5 Å². The quantitative estimate of drug-likeness (QED) is 0.646. The number of nitrogens with one attached hydrogen (secondary N) is 2. The van der Waals surface area contributed by atoms with Gasteiger partial charge in [-0.1, -0.05) is 44.5 Å². The zero-order chi connectivity index (χ0) is 23.5. The molecule has 2 N–H and O–H groups in total. The zero-order valence-electron chi connectivity index (χ0n) is 18.2. The molecule has 32 heavy (non-hydrogen) atoms. The summed E-state index contributed by atoms with van der Waals surface area (Å²) in [6.45, 7) is 7.41. The molecule has 1 fully saturated rings. The molecule has 1 aliphatic heterocycles. The molecule has 0 aromatic heterocycles. The maximum absolute atomic E-state index is 14.0. The van der Waals surface area contributed by atoms with Crippen LogP contribution in [0.2, 0.25) is 5.02 Å². The van der Waals surface area contributed by atoms with E-state index in [4.69, 9.17) is 23.8 Å². The number of halogens is 2. The third-order valence-electron chi connectivity index (χ3n) is 5.13. The van der Waals surface area contributed by atoms with Gasteiger partial charge in [0, 0.05) is 36.6 Å². The second-order valence-electron chi connectivity index (χ2n) is 8.58. The van der Waals surface area contributed by atoms with Crippen molar-refractivity contribution in [2.45, 2.75) is 20.8 Å². The number of anilines is 2. The molecule has 6 nitrogen and oxygen atoms in total. The second-order valence-corrected chi connectivity index (χ2v) is 9.42. The van der Waals surface area contributed by atoms with Crippen LogP contribution in [0.3, 0.4) is 0 Å². The maximum Gasteiger partial charge on any atom is 0.256 e. The minimum absolute atomic E-state index is 0.0785. The van der Waals surface area contributed by atoms with Gasteiger partial charge in [-0.05, 0) is 42.5 Å². The van der Waals surface area contributed by atoms with Gasteiger partial charge >= 0.3 is 0 Å². The Morgan fingerprint density at radius 2 is 1.72 bits per heavy atom. The van der Waals surface area contributed by atoms with Crippen LogP contribution >= 0.6 is 23.8 Å². The summed E-state index contributed by atoms with van der Waals surface area (Å²) in [4.78, 5) is 28.6. The number of hydrogen-bond donors (Lipinski definition) is 2. The van der Waals surface area contributed by atoms with E-state index in [1.54, 1.807) is 49.9 Å². The first-order valence-electron chi connectivity index (χ1n) is 10.3. The summed E-state index contributed by atoms with van der Waals surface area (Å²) in [5.41, 5.74) is 1.00. The fraction of sp³-hybridized carbons (Fsp3) is 0.348.